The van der Waals surface area contributed by atoms with Gasteiger partial charge in [-0.25, -0.2) is 9.97 Å². The molecular formula is C44H32MgN4O. The fourth-order valence-electron chi connectivity index (χ4n) is 6.86. The van der Waals surface area contributed by atoms with Gasteiger partial charge in [-0.3, -0.25) is 0 Å². The number of phenolic OH excluding ortho intramolecular Hbond substituents is 1. The third-order valence-corrected chi connectivity index (χ3v) is 9.10. The first-order valence-corrected chi connectivity index (χ1v) is 16.3. The molecule has 0 saturated carbocycles. The third-order valence-electron chi connectivity index (χ3n) is 9.10. The monoisotopic (exact) mass is 656 g/mol. The number of aromatic nitrogens is 4. The number of benzene rings is 4. The summed E-state index contributed by atoms with van der Waals surface area (Å²) in [7, 11) is 0. The number of hydrogen-bond donors (Lipinski definition) is 3. The zero-order valence-corrected chi connectivity index (χ0v) is 28.6. The number of H-pyrrole nitrogens is 2. The molecule has 2 aliphatic heterocycles. The van der Waals surface area contributed by atoms with E-state index in [9.17, 15) is 5.11 Å². The predicted octanol–water partition coefficient (Wildman–Crippen LogP) is 10.9. The van der Waals surface area contributed by atoms with Crippen LogP contribution in [0, 0.1) is 0 Å². The topological polar surface area (TPSA) is 77.6 Å². The number of aromatic amines is 2. The largest absolute Gasteiger partial charge is 2.00 e. The predicted molar refractivity (Wildman–Crippen MR) is 210 cm³/mol. The Hall–Kier alpha value is -5.95. The van der Waals surface area contributed by atoms with E-state index in [2.05, 4.69) is 131 Å². The maximum Gasteiger partial charge on any atom is 2.00 e. The Balaban J connectivity index is 0.00000155. The van der Waals surface area contributed by atoms with Crippen molar-refractivity contribution in [2.75, 3.05) is 0 Å². The van der Waals surface area contributed by atoms with Gasteiger partial charge in [0.1, 0.15) is 5.75 Å². The molecule has 8 bridgehead atoms. The Bertz CT molecular complexity index is 2560. The van der Waals surface area contributed by atoms with Gasteiger partial charge < -0.3 is 17.9 Å². The Morgan fingerprint density at radius 1 is 0.360 bits per heavy atom. The summed E-state index contributed by atoms with van der Waals surface area (Å²) in [5.41, 5.74) is 15.3. The molecule has 0 atom stereocenters. The maximum absolute atomic E-state index is 10.2. The number of rotatable bonds is 4. The molecular weight excluding hydrogens is 625 g/mol. The van der Waals surface area contributed by atoms with Gasteiger partial charge >= 0.3 is 23.1 Å². The van der Waals surface area contributed by atoms with Crippen LogP contribution in [0.1, 0.15) is 25.6 Å². The number of nitrogens with one attached hydrogen (secondary N) is 2. The van der Waals surface area contributed by atoms with E-state index in [4.69, 9.17) is 9.97 Å². The SMILES string of the molecule is Oc1ccc(-c2c3nc(c(-c4ccccc4)c4ccc([nH]4)c(-c4ccccc4)c4nc(c(-c5ccccc5)c5ccc2[nH]5)C=C4)C=C3)cc1.[H-].[H-].[Mg+2]. The van der Waals surface area contributed by atoms with Crippen LogP contribution in [0.2, 0.25) is 0 Å². The van der Waals surface area contributed by atoms with Gasteiger partial charge in [0.05, 0.1) is 22.8 Å². The summed E-state index contributed by atoms with van der Waals surface area (Å²) in [4.78, 5) is 18.2. The van der Waals surface area contributed by atoms with Crippen molar-refractivity contribution in [3.8, 4) is 50.3 Å². The molecule has 0 fully saturated rings. The molecule has 3 aromatic heterocycles. The molecule has 236 valence electrons. The van der Waals surface area contributed by atoms with Crippen LogP contribution < -0.4 is 0 Å². The Morgan fingerprint density at radius 3 is 0.940 bits per heavy atom. The van der Waals surface area contributed by atoms with E-state index in [1.54, 1.807) is 12.1 Å². The minimum absolute atomic E-state index is 0. The van der Waals surface area contributed by atoms with Gasteiger partial charge in [-0.15, -0.1) is 0 Å². The third kappa shape index (κ3) is 5.64. The Morgan fingerprint density at radius 2 is 0.640 bits per heavy atom. The van der Waals surface area contributed by atoms with Gasteiger partial charge in [-0.1, -0.05) is 103 Å². The number of nitrogens with zero attached hydrogens (tertiary/aromatic N) is 2. The summed E-state index contributed by atoms with van der Waals surface area (Å²) in [6.45, 7) is 0. The smallest absolute Gasteiger partial charge is 1.00 e. The standard InChI is InChI=1S/C44H30N4O.Mg.2H/c49-32-18-16-31(17-19-32)44-39-26-24-37(47-39)42(29-12-6-2-7-13-29)35-22-20-33(45-35)41(28-10-4-1-5-11-28)34-21-23-36(46-34)43(30-14-8-3-9-15-30)38-25-27-40(44)48-38;;;/h1-27,45,48-49H;;;/q;+2;2*-1. The van der Waals surface area contributed by atoms with Crippen LogP contribution in [0.4, 0.5) is 0 Å². The molecule has 4 aromatic carbocycles. The Labute approximate surface area is 308 Å². The molecule has 0 saturated heterocycles. The summed E-state index contributed by atoms with van der Waals surface area (Å²) in [5.74, 6) is 0.215. The first-order chi connectivity index (χ1) is 24.2. The molecule has 6 heteroatoms. The van der Waals surface area contributed by atoms with Gasteiger partial charge in [0.15, 0.2) is 0 Å². The van der Waals surface area contributed by atoms with Crippen molar-refractivity contribution in [3.63, 3.8) is 0 Å². The van der Waals surface area contributed by atoms with Crippen LogP contribution in [0.5, 0.6) is 5.75 Å². The molecule has 5 heterocycles. The quantitative estimate of drug-likeness (QED) is 0.165. The fourth-order valence-corrected chi connectivity index (χ4v) is 6.86. The Kier molecular flexibility index (Phi) is 8.24. The van der Waals surface area contributed by atoms with Crippen LogP contribution in [0.15, 0.2) is 140 Å². The number of phenols is 1. The second-order valence-corrected chi connectivity index (χ2v) is 12.1. The summed E-state index contributed by atoms with van der Waals surface area (Å²) in [6.07, 6.45) is 8.40. The van der Waals surface area contributed by atoms with Crippen LogP contribution in [-0.4, -0.2) is 48.1 Å². The average molecular weight is 657 g/mol. The molecule has 7 aromatic rings. The minimum Gasteiger partial charge on any atom is -1.00 e. The molecule has 0 aliphatic carbocycles. The van der Waals surface area contributed by atoms with Gasteiger partial charge in [-0.2, -0.15) is 0 Å². The van der Waals surface area contributed by atoms with Gasteiger partial charge in [-0.05, 0) is 83.0 Å². The minimum atomic E-state index is 0. The molecule has 0 amide bonds. The van der Waals surface area contributed by atoms with Crippen LogP contribution in [0.25, 0.3) is 90.9 Å². The summed E-state index contributed by atoms with van der Waals surface area (Å²) < 4.78 is 0. The van der Waals surface area contributed by atoms with E-state index >= 15 is 0 Å². The number of fused-ring (bicyclic) bond motifs is 8. The van der Waals surface area contributed by atoms with Crippen LogP contribution in [0.3, 0.4) is 0 Å². The first kappa shape index (κ1) is 31.3. The van der Waals surface area contributed by atoms with Gasteiger partial charge in [0.2, 0.25) is 0 Å². The van der Waals surface area contributed by atoms with Crippen LogP contribution >= 0.6 is 0 Å². The van der Waals surface area contributed by atoms with E-state index in [1.807, 2.05) is 30.3 Å². The van der Waals surface area contributed by atoms with Gasteiger partial charge in [0.25, 0.3) is 0 Å². The fraction of sp³-hybridized carbons (Fsp3) is 0. The maximum atomic E-state index is 10.2. The second kappa shape index (κ2) is 13.2. The van der Waals surface area contributed by atoms with E-state index in [0.29, 0.717) is 0 Å². The molecule has 0 spiro atoms. The molecule has 2 aliphatic rings. The van der Waals surface area contributed by atoms with Crippen molar-refractivity contribution in [2.45, 2.75) is 0 Å². The van der Waals surface area contributed by atoms with Crippen molar-refractivity contribution in [3.05, 3.63) is 162 Å². The molecule has 9 rings (SSSR count). The molecule has 5 nitrogen and oxygen atoms in total. The second-order valence-electron chi connectivity index (χ2n) is 12.1. The van der Waals surface area contributed by atoms with E-state index < -0.39 is 0 Å². The summed E-state index contributed by atoms with van der Waals surface area (Å²) in [6, 6.07) is 47.0. The molecule has 0 unspecified atom stereocenters. The summed E-state index contributed by atoms with van der Waals surface area (Å²) in [5, 5.41) is 10.2. The van der Waals surface area contributed by atoms with Crippen LogP contribution in [-0.2, 0) is 0 Å². The first-order valence-electron chi connectivity index (χ1n) is 16.3. The van der Waals surface area contributed by atoms with E-state index in [1.165, 1.54) is 0 Å². The van der Waals surface area contributed by atoms with Gasteiger partial charge in [0, 0.05) is 44.3 Å². The molecule has 0 radical (unpaired) electrons. The molecule has 50 heavy (non-hydrogen) atoms. The van der Waals surface area contributed by atoms with Crippen molar-refractivity contribution in [2.24, 2.45) is 0 Å². The van der Waals surface area contributed by atoms with E-state index in [0.717, 1.165) is 89.4 Å². The zero-order valence-electron chi connectivity index (χ0n) is 29.1. The van der Waals surface area contributed by atoms with Crippen molar-refractivity contribution in [1.29, 1.82) is 0 Å². The van der Waals surface area contributed by atoms with Crippen molar-refractivity contribution < 1.29 is 7.96 Å². The average Bonchev–Trinajstić information content (AvgIpc) is 3.98. The number of hydrogen-bond acceptors (Lipinski definition) is 3. The number of aromatic hydroxyl groups is 1. The van der Waals surface area contributed by atoms with Crippen molar-refractivity contribution in [1.82, 2.24) is 19.9 Å². The van der Waals surface area contributed by atoms with Crippen molar-refractivity contribution >= 4 is 69.4 Å². The summed E-state index contributed by atoms with van der Waals surface area (Å²) >= 11 is 0. The zero-order chi connectivity index (χ0) is 32.7. The van der Waals surface area contributed by atoms with E-state index in [-0.39, 0.29) is 31.7 Å². The molecule has 3 N–H and O–H groups in total. The normalized spacial score (nSPS) is 11.8.